The molecule has 3 heteroatoms. The summed E-state index contributed by atoms with van der Waals surface area (Å²) in [5.41, 5.74) is 6.62. The van der Waals surface area contributed by atoms with Crippen LogP contribution in [0.1, 0.15) is 31.8 Å². The summed E-state index contributed by atoms with van der Waals surface area (Å²) < 4.78 is 0. The number of hydrogen-bond acceptors (Lipinski definition) is 2. The van der Waals surface area contributed by atoms with Gasteiger partial charge in [-0.2, -0.15) is 0 Å². The third-order valence-electron chi connectivity index (χ3n) is 5.67. The summed E-state index contributed by atoms with van der Waals surface area (Å²) in [4.78, 5) is 28.7. The second-order valence-corrected chi connectivity index (χ2v) is 7.83. The average molecular weight is 428 g/mol. The molecule has 0 aliphatic carbocycles. The fourth-order valence-electron chi connectivity index (χ4n) is 3.85. The zero-order valence-corrected chi connectivity index (χ0v) is 17.9. The van der Waals surface area contributed by atoms with Gasteiger partial charge >= 0.3 is 0 Å². The Balaban J connectivity index is 1.33. The number of nitrogens with one attached hydrogen (secondary N) is 1. The molecular formula is C30H21NO2. The van der Waals surface area contributed by atoms with Gasteiger partial charge in [0.15, 0.2) is 11.6 Å². The van der Waals surface area contributed by atoms with Crippen LogP contribution in [0, 0.1) is 0 Å². The molecule has 0 radical (unpaired) electrons. The van der Waals surface area contributed by atoms with Crippen molar-refractivity contribution in [2.45, 2.75) is 0 Å². The second-order valence-electron chi connectivity index (χ2n) is 7.83. The molecule has 0 spiro atoms. The lowest BCUT2D eigenvalue weighted by Gasteiger charge is -2.04. The summed E-state index contributed by atoms with van der Waals surface area (Å²) in [7, 11) is 0. The van der Waals surface area contributed by atoms with Gasteiger partial charge in [-0.15, -0.1) is 0 Å². The molecule has 0 unspecified atom stereocenters. The molecule has 0 bridgehead atoms. The summed E-state index contributed by atoms with van der Waals surface area (Å²) >= 11 is 0. The molecule has 1 heterocycles. The molecule has 5 rings (SSSR count). The third-order valence-corrected chi connectivity index (χ3v) is 5.67. The number of benzene rings is 4. The number of rotatable bonds is 6. The average Bonchev–Trinajstić information content (AvgIpc) is 3.39. The van der Waals surface area contributed by atoms with Crippen LogP contribution in [0.3, 0.4) is 0 Å². The second kappa shape index (κ2) is 8.93. The van der Waals surface area contributed by atoms with E-state index in [-0.39, 0.29) is 11.6 Å². The van der Waals surface area contributed by atoms with Gasteiger partial charge in [-0.05, 0) is 23.3 Å². The Labute approximate surface area is 192 Å². The minimum atomic E-state index is 0.0134. The molecule has 0 saturated carbocycles. The van der Waals surface area contributed by atoms with E-state index in [4.69, 9.17) is 0 Å². The number of aromatic nitrogens is 1. The molecule has 0 atom stereocenters. The molecule has 33 heavy (non-hydrogen) atoms. The highest BCUT2D eigenvalue weighted by molar-refractivity contribution is 6.09. The molecule has 5 aromatic rings. The van der Waals surface area contributed by atoms with Crippen LogP contribution in [0.15, 0.2) is 121 Å². The third kappa shape index (κ3) is 4.30. The van der Waals surface area contributed by atoms with Crippen LogP contribution in [0.4, 0.5) is 0 Å². The van der Waals surface area contributed by atoms with Crippen LogP contribution in [0.2, 0.25) is 0 Å². The maximum absolute atomic E-state index is 12.6. The van der Waals surface area contributed by atoms with E-state index in [0.717, 1.165) is 22.5 Å². The van der Waals surface area contributed by atoms with Gasteiger partial charge in [-0.1, -0.05) is 109 Å². The molecule has 0 aliphatic rings. The Morgan fingerprint density at radius 2 is 0.727 bits per heavy atom. The van der Waals surface area contributed by atoms with Crippen molar-refractivity contribution in [1.82, 2.24) is 4.98 Å². The number of aromatic amines is 1. The van der Waals surface area contributed by atoms with E-state index in [1.165, 1.54) is 0 Å². The lowest BCUT2D eigenvalue weighted by atomic mass is 10.0. The van der Waals surface area contributed by atoms with Gasteiger partial charge in [0.25, 0.3) is 0 Å². The molecule has 1 N–H and O–H groups in total. The predicted molar refractivity (Wildman–Crippen MR) is 131 cm³/mol. The normalized spacial score (nSPS) is 10.7. The van der Waals surface area contributed by atoms with Crippen LogP contribution < -0.4 is 0 Å². The van der Waals surface area contributed by atoms with Crippen LogP contribution in [-0.4, -0.2) is 16.6 Å². The summed E-state index contributed by atoms with van der Waals surface area (Å²) in [6.07, 6.45) is 0. The molecule has 3 nitrogen and oxygen atoms in total. The first-order valence-corrected chi connectivity index (χ1v) is 10.8. The number of ketones is 2. The topological polar surface area (TPSA) is 49.9 Å². The lowest BCUT2D eigenvalue weighted by molar-refractivity contribution is 0.103. The van der Waals surface area contributed by atoms with Crippen molar-refractivity contribution in [3.05, 3.63) is 144 Å². The maximum atomic E-state index is 12.6. The monoisotopic (exact) mass is 427 g/mol. The maximum Gasteiger partial charge on any atom is 0.193 e. The Bertz CT molecular complexity index is 1290. The van der Waals surface area contributed by atoms with Crippen molar-refractivity contribution in [3.63, 3.8) is 0 Å². The van der Waals surface area contributed by atoms with Crippen molar-refractivity contribution in [2.24, 2.45) is 0 Å². The smallest absolute Gasteiger partial charge is 0.193 e. The first-order valence-electron chi connectivity index (χ1n) is 10.8. The molecule has 0 saturated heterocycles. The molecular weight excluding hydrogens is 406 g/mol. The van der Waals surface area contributed by atoms with Gasteiger partial charge in [-0.3, -0.25) is 9.59 Å². The first kappa shape index (κ1) is 20.4. The first-order chi connectivity index (χ1) is 16.2. The molecule has 0 fully saturated rings. The van der Waals surface area contributed by atoms with E-state index in [2.05, 4.69) is 4.98 Å². The number of hydrogen-bond donors (Lipinski definition) is 1. The molecule has 0 aliphatic heterocycles. The zero-order valence-electron chi connectivity index (χ0n) is 17.9. The van der Waals surface area contributed by atoms with Crippen molar-refractivity contribution in [3.8, 4) is 22.5 Å². The van der Waals surface area contributed by atoms with E-state index < -0.39 is 0 Å². The van der Waals surface area contributed by atoms with E-state index >= 15 is 0 Å². The van der Waals surface area contributed by atoms with Crippen LogP contribution in [0.25, 0.3) is 22.5 Å². The van der Waals surface area contributed by atoms with Crippen molar-refractivity contribution < 1.29 is 9.59 Å². The molecule has 0 amide bonds. The largest absolute Gasteiger partial charge is 0.355 e. The summed E-state index contributed by atoms with van der Waals surface area (Å²) in [6.45, 7) is 0. The van der Waals surface area contributed by atoms with Crippen molar-refractivity contribution in [1.29, 1.82) is 0 Å². The zero-order chi connectivity index (χ0) is 22.6. The van der Waals surface area contributed by atoms with Crippen molar-refractivity contribution >= 4 is 11.6 Å². The Morgan fingerprint density at radius 3 is 1.09 bits per heavy atom. The van der Waals surface area contributed by atoms with Gasteiger partial charge < -0.3 is 4.98 Å². The minimum Gasteiger partial charge on any atom is -0.355 e. The van der Waals surface area contributed by atoms with Gasteiger partial charge in [0.05, 0.1) is 0 Å². The minimum absolute atomic E-state index is 0.0134. The number of H-pyrrole nitrogens is 1. The number of carbonyl (C=O) groups excluding carboxylic acids is 2. The van der Waals surface area contributed by atoms with E-state index in [1.807, 2.05) is 121 Å². The van der Waals surface area contributed by atoms with E-state index in [1.54, 1.807) is 0 Å². The van der Waals surface area contributed by atoms with Crippen LogP contribution in [-0.2, 0) is 0 Å². The highest BCUT2D eigenvalue weighted by Crippen LogP contribution is 2.26. The summed E-state index contributed by atoms with van der Waals surface area (Å²) in [6, 6.07) is 37.8. The summed E-state index contributed by atoms with van der Waals surface area (Å²) in [5, 5.41) is 0. The van der Waals surface area contributed by atoms with Crippen LogP contribution >= 0.6 is 0 Å². The molecule has 1 aromatic heterocycles. The van der Waals surface area contributed by atoms with Gasteiger partial charge in [0.1, 0.15) is 0 Å². The van der Waals surface area contributed by atoms with Crippen molar-refractivity contribution in [2.75, 3.05) is 0 Å². The highest BCUT2D eigenvalue weighted by atomic mass is 16.1. The van der Waals surface area contributed by atoms with E-state index in [9.17, 15) is 9.59 Å². The number of carbonyl (C=O) groups is 2. The summed E-state index contributed by atoms with van der Waals surface area (Å²) in [5.74, 6) is 0.0268. The SMILES string of the molecule is O=C(c1ccccc1)c1ccc(-c2ccc(-c3ccc(C(=O)c4ccccc4)cc3)[nH]2)cc1. The van der Waals surface area contributed by atoms with Crippen LogP contribution in [0.5, 0.6) is 0 Å². The van der Waals surface area contributed by atoms with Gasteiger partial charge in [-0.25, -0.2) is 0 Å². The Kier molecular flexibility index (Phi) is 5.52. The quantitative estimate of drug-likeness (QED) is 0.303. The Hall–Kier alpha value is -4.50. The highest BCUT2D eigenvalue weighted by Gasteiger charge is 2.11. The van der Waals surface area contributed by atoms with Gasteiger partial charge in [0.2, 0.25) is 0 Å². The fraction of sp³-hybridized carbons (Fsp3) is 0. The predicted octanol–water partition coefficient (Wildman–Crippen LogP) is 6.81. The Morgan fingerprint density at radius 1 is 0.394 bits per heavy atom. The lowest BCUT2D eigenvalue weighted by Crippen LogP contribution is -2.00. The molecule has 158 valence electrons. The van der Waals surface area contributed by atoms with E-state index in [0.29, 0.717) is 22.3 Å². The van der Waals surface area contributed by atoms with Gasteiger partial charge in [0, 0.05) is 33.6 Å². The molecule has 4 aromatic carbocycles. The standard InChI is InChI=1S/C30H21NO2/c32-29(23-7-3-1-4-8-23)25-15-11-21(12-16-25)27-19-20-28(31-27)22-13-17-26(18-14-22)30(33)24-9-5-2-6-10-24/h1-20,31H. The fourth-order valence-corrected chi connectivity index (χ4v) is 3.85.